The first-order chi connectivity index (χ1) is 17.1. The molecule has 1 aliphatic heterocycles. The molecule has 0 saturated carbocycles. The van der Waals surface area contributed by atoms with Gasteiger partial charge in [0.25, 0.3) is 0 Å². The number of hydrogen-bond acceptors (Lipinski definition) is 9. The van der Waals surface area contributed by atoms with Gasteiger partial charge in [-0.2, -0.15) is 4.98 Å². The lowest BCUT2D eigenvalue weighted by molar-refractivity contribution is -0.134. The summed E-state index contributed by atoms with van der Waals surface area (Å²) in [7, 11) is 0. The van der Waals surface area contributed by atoms with Gasteiger partial charge in [-0.1, -0.05) is 24.2 Å². The average Bonchev–Trinajstić information content (AvgIpc) is 2.86. The molecule has 1 saturated heterocycles. The molecule has 0 unspecified atom stereocenters. The Morgan fingerprint density at radius 3 is 2.86 bits per heavy atom. The molecule has 35 heavy (non-hydrogen) atoms. The second-order valence-electron chi connectivity index (χ2n) is 7.68. The summed E-state index contributed by atoms with van der Waals surface area (Å²) < 4.78 is 11.6. The topological polar surface area (TPSA) is 115 Å². The molecule has 176 valence electrons. The SMILES string of the molecule is C=CC(=O)N1CC(Oc2ncc3ncnc(Nc4ccc(OCc5ccccn5)c(Cl)c4)c3n2)C1. The Morgan fingerprint density at radius 1 is 1.20 bits per heavy atom. The van der Waals surface area contributed by atoms with Crippen LogP contribution in [0.15, 0.2) is 67.8 Å². The van der Waals surface area contributed by atoms with Crippen molar-refractivity contribution in [1.29, 1.82) is 0 Å². The van der Waals surface area contributed by atoms with E-state index in [0.29, 0.717) is 53.0 Å². The number of nitrogens with one attached hydrogen (secondary N) is 1. The number of fused-ring (bicyclic) bond motifs is 1. The molecule has 5 rings (SSSR count). The van der Waals surface area contributed by atoms with Crippen LogP contribution in [-0.2, 0) is 11.4 Å². The number of aromatic nitrogens is 5. The van der Waals surface area contributed by atoms with E-state index in [1.165, 1.54) is 12.4 Å². The van der Waals surface area contributed by atoms with E-state index in [-0.39, 0.29) is 18.0 Å². The Morgan fingerprint density at radius 2 is 2.09 bits per heavy atom. The summed E-state index contributed by atoms with van der Waals surface area (Å²) in [5, 5.41) is 3.65. The van der Waals surface area contributed by atoms with Crippen LogP contribution in [0.1, 0.15) is 5.69 Å². The van der Waals surface area contributed by atoms with Crippen LogP contribution in [-0.4, -0.2) is 54.9 Å². The van der Waals surface area contributed by atoms with Crippen LogP contribution in [0.25, 0.3) is 11.0 Å². The second kappa shape index (κ2) is 9.90. The van der Waals surface area contributed by atoms with Crippen LogP contribution in [0.4, 0.5) is 11.5 Å². The number of pyridine rings is 1. The maximum Gasteiger partial charge on any atom is 0.317 e. The fraction of sp³-hybridized carbons (Fsp3) is 0.167. The highest BCUT2D eigenvalue weighted by Gasteiger charge is 2.31. The zero-order valence-electron chi connectivity index (χ0n) is 18.5. The molecular weight excluding hydrogens is 470 g/mol. The minimum atomic E-state index is -0.185. The summed E-state index contributed by atoms with van der Waals surface area (Å²) in [5.41, 5.74) is 2.53. The van der Waals surface area contributed by atoms with Crippen molar-refractivity contribution in [2.45, 2.75) is 12.7 Å². The molecule has 1 fully saturated rings. The van der Waals surface area contributed by atoms with E-state index in [4.69, 9.17) is 21.1 Å². The van der Waals surface area contributed by atoms with Gasteiger partial charge in [-0.3, -0.25) is 9.78 Å². The lowest BCUT2D eigenvalue weighted by Crippen LogP contribution is -2.55. The maximum absolute atomic E-state index is 11.6. The predicted octanol–water partition coefficient (Wildman–Crippen LogP) is 3.57. The molecule has 0 aliphatic carbocycles. The van der Waals surface area contributed by atoms with E-state index in [9.17, 15) is 4.79 Å². The summed E-state index contributed by atoms with van der Waals surface area (Å²) in [6, 6.07) is 11.1. The number of anilines is 2. The van der Waals surface area contributed by atoms with Gasteiger partial charge in [-0.05, 0) is 36.4 Å². The number of carbonyl (C=O) groups is 1. The minimum absolute atomic E-state index is 0.129. The van der Waals surface area contributed by atoms with Gasteiger partial charge in [0.15, 0.2) is 5.82 Å². The molecule has 1 aromatic carbocycles. The van der Waals surface area contributed by atoms with Crippen LogP contribution in [0, 0.1) is 0 Å². The summed E-state index contributed by atoms with van der Waals surface area (Å²) >= 11 is 6.43. The highest BCUT2D eigenvalue weighted by atomic mass is 35.5. The highest BCUT2D eigenvalue weighted by molar-refractivity contribution is 6.32. The quantitative estimate of drug-likeness (QED) is 0.371. The second-order valence-corrected chi connectivity index (χ2v) is 8.08. The summed E-state index contributed by atoms with van der Waals surface area (Å²) in [6.07, 6.45) is 5.80. The Balaban J connectivity index is 1.29. The molecule has 1 aliphatic rings. The summed E-state index contributed by atoms with van der Waals surface area (Å²) in [6.45, 7) is 4.71. The summed E-state index contributed by atoms with van der Waals surface area (Å²) in [5.74, 6) is 0.881. The molecule has 0 atom stereocenters. The first-order valence-electron chi connectivity index (χ1n) is 10.7. The third-order valence-corrected chi connectivity index (χ3v) is 5.55. The van der Waals surface area contributed by atoms with Crippen LogP contribution >= 0.6 is 11.6 Å². The molecular formula is C24H20ClN7O3. The van der Waals surface area contributed by atoms with Crippen LogP contribution in [0.5, 0.6) is 11.8 Å². The third kappa shape index (κ3) is 5.12. The van der Waals surface area contributed by atoms with Crippen molar-refractivity contribution in [2.75, 3.05) is 18.4 Å². The van der Waals surface area contributed by atoms with Gasteiger partial charge < -0.3 is 19.7 Å². The van der Waals surface area contributed by atoms with Gasteiger partial charge in [0.05, 0.1) is 30.0 Å². The van der Waals surface area contributed by atoms with Crippen LogP contribution in [0.3, 0.4) is 0 Å². The Bertz CT molecular complexity index is 1380. The van der Waals surface area contributed by atoms with Gasteiger partial charge in [-0.25, -0.2) is 15.0 Å². The monoisotopic (exact) mass is 489 g/mol. The molecule has 3 aromatic heterocycles. The van der Waals surface area contributed by atoms with Gasteiger partial charge >= 0.3 is 6.01 Å². The molecule has 0 radical (unpaired) electrons. The van der Waals surface area contributed by atoms with Crippen LogP contribution in [0.2, 0.25) is 5.02 Å². The number of ether oxygens (including phenoxy) is 2. The average molecular weight is 490 g/mol. The maximum atomic E-state index is 11.6. The van der Waals surface area contributed by atoms with Crippen molar-refractivity contribution in [3.05, 3.63) is 78.5 Å². The largest absolute Gasteiger partial charge is 0.486 e. The number of nitrogens with zero attached hydrogens (tertiary/aromatic N) is 6. The first-order valence-corrected chi connectivity index (χ1v) is 11.1. The van der Waals surface area contributed by atoms with E-state index < -0.39 is 0 Å². The minimum Gasteiger partial charge on any atom is -0.486 e. The number of likely N-dealkylation sites (tertiary alicyclic amines) is 1. The van der Waals surface area contributed by atoms with Crippen molar-refractivity contribution in [3.8, 4) is 11.8 Å². The molecule has 4 aromatic rings. The van der Waals surface area contributed by atoms with Gasteiger partial charge in [0.2, 0.25) is 5.91 Å². The Kier molecular flexibility index (Phi) is 6.36. The lowest BCUT2D eigenvalue weighted by Gasteiger charge is -2.37. The first kappa shape index (κ1) is 22.5. The smallest absolute Gasteiger partial charge is 0.317 e. The number of rotatable bonds is 8. The van der Waals surface area contributed by atoms with Crippen LogP contribution < -0.4 is 14.8 Å². The molecule has 10 nitrogen and oxygen atoms in total. The standard InChI is InChI=1S/C24H20ClN7O3/c1-2-21(33)32-11-17(12-32)35-24-27-10-19-22(31-24)23(29-14-28-19)30-15-6-7-20(18(25)9-15)34-13-16-5-3-4-8-26-16/h2-10,14,17H,1,11-13H2,(H,28,29,30). The number of amides is 1. The van der Waals surface area contributed by atoms with Crippen molar-refractivity contribution in [1.82, 2.24) is 29.8 Å². The van der Waals surface area contributed by atoms with E-state index >= 15 is 0 Å². The molecule has 0 bridgehead atoms. The van der Waals surface area contributed by atoms with E-state index in [0.717, 1.165) is 5.69 Å². The van der Waals surface area contributed by atoms with E-state index in [2.05, 4.69) is 36.8 Å². The zero-order valence-corrected chi connectivity index (χ0v) is 19.2. The van der Waals surface area contributed by atoms with Gasteiger partial charge in [0, 0.05) is 11.9 Å². The number of benzene rings is 1. The Hall–Kier alpha value is -4.31. The fourth-order valence-corrected chi connectivity index (χ4v) is 3.66. The van der Waals surface area contributed by atoms with Crippen molar-refractivity contribution < 1.29 is 14.3 Å². The Labute approximate surface area is 205 Å². The predicted molar refractivity (Wildman–Crippen MR) is 130 cm³/mol. The zero-order chi connectivity index (χ0) is 24.2. The molecule has 1 N–H and O–H groups in total. The molecule has 4 heterocycles. The van der Waals surface area contributed by atoms with Crippen molar-refractivity contribution in [3.63, 3.8) is 0 Å². The van der Waals surface area contributed by atoms with E-state index in [1.807, 2.05) is 24.3 Å². The third-order valence-electron chi connectivity index (χ3n) is 5.26. The number of carbonyl (C=O) groups excluding carboxylic acids is 1. The van der Waals surface area contributed by atoms with Gasteiger partial charge in [-0.15, -0.1) is 0 Å². The van der Waals surface area contributed by atoms with Gasteiger partial charge in [0.1, 0.15) is 35.8 Å². The number of halogens is 1. The van der Waals surface area contributed by atoms with E-state index in [1.54, 1.807) is 29.4 Å². The molecule has 11 heteroatoms. The summed E-state index contributed by atoms with van der Waals surface area (Å²) in [4.78, 5) is 34.7. The molecule has 1 amide bonds. The van der Waals surface area contributed by atoms with Crippen molar-refractivity contribution >= 4 is 40.0 Å². The van der Waals surface area contributed by atoms with Crippen molar-refractivity contribution in [2.24, 2.45) is 0 Å². The fourth-order valence-electron chi connectivity index (χ4n) is 3.42. The normalized spacial score (nSPS) is 13.2. The lowest BCUT2D eigenvalue weighted by atomic mass is 10.1. The highest BCUT2D eigenvalue weighted by Crippen LogP contribution is 2.30. The molecule has 0 spiro atoms. The number of hydrogen-bond donors (Lipinski definition) is 1.